The van der Waals surface area contributed by atoms with Gasteiger partial charge in [-0.2, -0.15) is 0 Å². The molecule has 0 saturated heterocycles. The number of phenolic OH excluding ortho intramolecular Hbond substituents is 1. The summed E-state index contributed by atoms with van der Waals surface area (Å²) in [5, 5.41) is 21.3. The molecule has 32 heavy (non-hydrogen) atoms. The maximum atomic E-state index is 13.5. The molecule has 0 saturated carbocycles. The minimum Gasteiger partial charge on any atom is -0.506 e. The minimum absolute atomic E-state index is 0.000988. The van der Waals surface area contributed by atoms with Crippen molar-refractivity contribution in [1.29, 1.82) is 0 Å². The van der Waals surface area contributed by atoms with Crippen LogP contribution in [0.4, 0.5) is 0 Å². The highest BCUT2D eigenvalue weighted by Crippen LogP contribution is 2.41. The van der Waals surface area contributed by atoms with Gasteiger partial charge in [0.25, 0.3) is 5.91 Å². The lowest BCUT2D eigenvalue weighted by Gasteiger charge is -2.26. The van der Waals surface area contributed by atoms with Crippen LogP contribution in [0.25, 0.3) is 11.0 Å². The molecular weight excluding hydrogens is 502 g/mol. The Morgan fingerprint density at radius 1 is 1.22 bits per heavy atom. The van der Waals surface area contributed by atoms with Gasteiger partial charge in [-0.15, -0.1) is 0 Å². The number of hydrogen-bond acceptors (Lipinski definition) is 6. The van der Waals surface area contributed by atoms with Crippen LogP contribution in [0.5, 0.6) is 5.75 Å². The molecule has 1 amide bonds. The molecule has 3 aromatic rings. The van der Waals surface area contributed by atoms with E-state index in [1.807, 2.05) is 0 Å². The van der Waals surface area contributed by atoms with Crippen molar-refractivity contribution < 1.29 is 29.0 Å². The Morgan fingerprint density at radius 3 is 2.72 bits per heavy atom. The van der Waals surface area contributed by atoms with E-state index in [0.29, 0.717) is 29.6 Å². The summed E-state index contributed by atoms with van der Waals surface area (Å²) in [5.74, 6) is -2.04. The van der Waals surface area contributed by atoms with Crippen LogP contribution in [0.2, 0.25) is 5.02 Å². The number of furan rings is 1. The number of amides is 1. The van der Waals surface area contributed by atoms with Gasteiger partial charge >= 0.3 is 0 Å². The highest BCUT2D eigenvalue weighted by Gasteiger charge is 2.44. The topological polar surface area (TPSA) is 100 Å². The van der Waals surface area contributed by atoms with E-state index in [9.17, 15) is 19.8 Å². The van der Waals surface area contributed by atoms with Crippen LogP contribution < -0.4 is 0 Å². The van der Waals surface area contributed by atoms with Crippen molar-refractivity contribution in [3.8, 4) is 5.75 Å². The van der Waals surface area contributed by atoms with Crippen LogP contribution in [0.1, 0.15) is 28.6 Å². The van der Waals surface area contributed by atoms with E-state index >= 15 is 0 Å². The Balaban J connectivity index is 1.79. The lowest BCUT2D eigenvalue weighted by molar-refractivity contribution is -0.129. The van der Waals surface area contributed by atoms with Gasteiger partial charge in [0.1, 0.15) is 11.3 Å². The summed E-state index contributed by atoms with van der Waals surface area (Å²) >= 11 is 9.47. The summed E-state index contributed by atoms with van der Waals surface area (Å²) in [7, 11) is 1.55. The minimum atomic E-state index is -0.898. The fourth-order valence-electron chi connectivity index (χ4n) is 3.79. The van der Waals surface area contributed by atoms with Crippen LogP contribution >= 0.6 is 27.5 Å². The van der Waals surface area contributed by atoms with E-state index in [4.69, 9.17) is 20.8 Å². The molecule has 1 aromatic heterocycles. The third-order valence-corrected chi connectivity index (χ3v) is 6.08. The lowest BCUT2D eigenvalue weighted by Crippen LogP contribution is -2.32. The zero-order valence-corrected chi connectivity index (χ0v) is 19.3. The first-order chi connectivity index (χ1) is 15.3. The second-order valence-electron chi connectivity index (χ2n) is 7.34. The van der Waals surface area contributed by atoms with Gasteiger partial charge in [0.05, 0.1) is 16.6 Å². The van der Waals surface area contributed by atoms with Crippen LogP contribution in [0.15, 0.2) is 62.7 Å². The molecule has 1 atom stereocenters. The van der Waals surface area contributed by atoms with E-state index in [1.54, 1.807) is 37.4 Å². The molecule has 7 nitrogen and oxygen atoms in total. The molecule has 9 heteroatoms. The van der Waals surface area contributed by atoms with Gasteiger partial charge in [0, 0.05) is 30.1 Å². The molecule has 1 unspecified atom stereocenters. The van der Waals surface area contributed by atoms with E-state index in [1.165, 1.54) is 17.0 Å². The molecule has 2 aromatic carbocycles. The zero-order chi connectivity index (χ0) is 23.0. The first-order valence-corrected chi connectivity index (χ1v) is 10.9. The molecular formula is C23H19BrClNO6. The van der Waals surface area contributed by atoms with Crippen molar-refractivity contribution in [2.24, 2.45) is 0 Å². The SMILES string of the molecule is COCCCN1C(=O)C(O)=C(C(=O)c2cc3cc(Br)ccc3o2)C1c1ccc(O)c(Cl)c1. The number of aliphatic hydroxyl groups is 1. The van der Waals surface area contributed by atoms with Gasteiger partial charge in [-0.3, -0.25) is 9.59 Å². The third kappa shape index (κ3) is 4.01. The maximum absolute atomic E-state index is 13.5. The second-order valence-corrected chi connectivity index (χ2v) is 8.67. The van der Waals surface area contributed by atoms with Gasteiger partial charge in [0.15, 0.2) is 11.5 Å². The quantitative estimate of drug-likeness (QED) is 0.329. The molecule has 2 heterocycles. The number of nitrogens with zero attached hydrogens (tertiary/aromatic N) is 1. The number of hydrogen-bond donors (Lipinski definition) is 2. The molecule has 0 fully saturated rings. The number of ether oxygens (including phenoxy) is 1. The smallest absolute Gasteiger partial charge is 0.290 e. The number of aromatic hydroxyl groups is 1. The van der Waals surface area contributed by atoms with Crippen molar-refractivity contribution in [3.63, 3.8) is 0 Å². The van der Waals surface area contributed by atoms with Crippen LogP contribution in [-0.4, -0.2) is 47.1 Å². The number of carbonyl (C=O) groups excluding carboxylic acids is 2. The fraction of sp³-hybridized carbons (Fsp3) is 0.217. The van der Waals surface area contributed by atoms with Crippen LogP contribution in [0, 0.1) is 0 Å². The average molecular weight is 521 g/mol. The van der Waals surface area contributed by atoms with Crippen LogP contribution in [0.3, 0.4) is 0 Å². The maximum Gasteiger partial charge on any atom is 0.290 e. The molecule has 0 bridgehead atoms. The Bertz CT molecular complexity index is 1250. The molecule has 2 N–H and O–H groups in total. The molecule has 0 spiro atoms. The average Bonchev–Trinajstić information content (AvgIpc) is 3.29. The number of Topliss-reactive ketones (excluding diaryl/α,β-unsaturated/α-hetero) is 1. The number of rotatable bonds is 7. The highest BCUT2D eigenvalue weighted by molar-refractivity contribution is 9.10. The first-order valence-electron chi connectivity index (χ1n) is 9.77. The largest absolute Gasteiger partial charge is 0.506 e. The van der Waals surface area contributed by atoms with Crippen molar-refractivity contribution in [3.05, 3.63) is 74.6 Å². The lowest BCUT2D eigenvalue weighted by atomic mass is 9.95. The number of carbonyl (C=O) groups is 2. The van der Waals surface area contributed by atoms with Gasteiger partial charge in [0.2, 0.25) is 5.78 Å². The van der Waals surface area contributed by atoms with E-state index in [2.05, 4.69) is 15.9 Å². The first kappa shape index (κ1) is 22.4. The summed E-state index contributed by atoms with van der Waals surface area (Å²) in [5.41, 5.74) is 0.874. The standard InChI is InChI=1S/C23H19BrClNO6/c1-31-8-2-7-26-20(12-3-5-16(27)15(25)10-12)19(22(29)23(26)30)21(28)18-11-13-9-14(24)4-6-17(13)32-18/h3-6,9-11,20,27,29H,2,7-8H2,1H3. The number of halogens is 2. The van der Waals surface area contributed by atoms with Crippen molar-refractivity contribution in [2.75, 3.05) is 20.3 Å². The molecule has 0 aliphatic carbocycles. The molecule has 166 valence electrons. The summed E-state index contributed by atoms with van der Waals surface area (Å²) in [6.07, 6.45) is 0.498. The number of methoxy groups -OCH3 is 1. The molecule has 0 radical (unpaired) electrons. The Labute approximate surface area is 197 Å². The predicted molar refractivity (Wildman–Crippen MR) is 122 cm³/mol. The van der Waals surface area contributed by atoms with E-state index in [-0.39, 0.29) is 28.7 Å². The normalized spacial score (nSPS) is 16.4. The van der Waals surface area contributed by atoms with E-state index < -0.39 is 23.5 Å². The summed E-state index contributed by atoms with van der Waals surface area (Å²) in [6.45, 7) is 0.638. The summed E-state index contributed by atoms with van der Waals surface area (Å²) in [4.78, 5) is 27.8. The Hall–Kier alpha value is -2.81. The summed E-state index contributed by atoms with van der Waals surface area (Å²) < 4.78 is 11.6. The van der Waals surface area contributed by atoms with Gasteiger partial charge in [-0.1, -0.05) is 33.6 Å². The fourth-order valence-corrected chi connectivity index (χ4v) is 4.36. The van der Waals surface area contributed by atoms with Gasteiger partial charge in [-0.05, 0) is 48.4 Å². The molecule has 4 rings (SSSR count). The molecule has 1 aliphatic rings. The highest BCUT2D eigenvalue weighted by atomic mass is 79.9. The van der Waals surface area contributed by atoms with Crippen molar-refractivity contribution >= 4 is 50.2 Å². The Kier molecular flexibility index (Phi) is 6.28. The van der Waals surface area contributed by atoms with Gasteiger partial charge < -0.3 is 24.3 Å². The monoisotopic (exact) mass is 519 g/mol. The number of ketones is 1. The number of phenols is 1. The second kappa shape index (κ2) is 8.97. The van der Waals surface area contributed by atoms with E-state index in [0.717, 1.165) is 4.47 Å². The number of benzene rings is 2. The number of aliphatic hydroxyl groups excluding tert-OH is 1. The van der Waals surface area contributed by atoms with Crippen molar-refractivity contribution in [2.45, 2.75) is 12.5 Å². The number of fused-ring (bicyclic) bond motifs is 1. The Morgan fingerprint density at radius 2 is 2.00 bits per heavy atom. The predicted octanol–water partition coefficient (Wildman–Crippen LogP) is 5.17. The summed E-state index contributed by atoms with van der Waals surface area (Å²) in [6, 6.07) is 10.4. The molecule has 1 aliphatic heterocycles. The van der Waals surface area contributed by atoms with Crippen LogP contribution in [-0.2, 0) is 9.53 Å². The van der Waals surface area contributed by atoms with Crippen molar-refractivity contribution in [1.82, 2.24) is 4.90 Å². The van der Waals surface area contributed by atoms with Gasteiger partial charge in [-0.25, -0.2) is 0 Å². The zero-order valence-electron chi connectivity index (χ0n) is 17.0. The third-order valence-electron chi connectivity index (χ3n) is 5.29.